The maximum absolute atomic E-state index is 12.0. The number of nitrogens with two attached hydrogens (primary N) is 1. The molecule has 0 radical (unpaired) electrons. The van der Waals surface area contributed by atoms with Gasteiger partial charge in [0.2, 0.25) is 17.7 Å². The van der Waals surface area contributed by atoms with Crippen molar-refractivity contribution in [2.45, 2.75) is 45.3 Å². The summed E-state index contributed by atoms with van der Waals surface area (Å²) >= 11 is 0. The van der Waals surface area contributed by atoms with E-state index in [4.69, 9.17) is 15.9 Å². The number of carbonyl (C=O) groups excluding carboxylic acids is 3. The molecule has 11 heteroatoms. The zero-order chi connectivity index (χ0) is 19.7. The number of nitrogens with one attached hydrogen (secondary N) is 3. The predicted molar refractivity (Wildman–Crippen MR) is 85.2 cm³/mol. The van der Waals surface area contributed by atoms with Gasteiger partial charge < -0.3 is 31.9 Å². The van der Waals surface area contributed by atoms with E-state index < -0.39 is 60.8 Å². The van der Waals surface area contributed by atoms with Crippen LogP contribution in [0.5, 0.6) is 0 Å². The minimum Gasteiger partial charge on any atom is -0.481 e. The summed E-state index contributed by atoms with van der Waals surface area (Å²) in [4.78, 5) is 56.9. The molecule has 0 aliphatic carbocycles. The van der Waals surface area contributed by atoms with Crippen molar-refractivity contribution < 1.29 is 34.2 Å². The first-order valence-electron chi connectivity index (χ1n) is 7.53. The molecule has 11 nitrogen and oxygen atoms in total. The van der Waals surface area contributed by atoms with Crippen LogP contribution in [-0.2, 0) is 24.0 Å². The fourth-order valence-electron chi connectivity index (χ4n) is 1.64. The van der Waals surface area contributed by atoms with E-state index >= 15 is 0 Å². The molecule has 0 spiro atoms. The summed E-state index contributed by atoms with van der Waals surface area (Å²) in [5.74, 6) is -5.18. The second-order valence-electron chi connectivity index (χ2n) is 5.77. The smallest absolute Gasteiger partial charge is 0.322 e. The van der Waals surface area contributed by atoms with Crippen molar-refractivity contribution >= 4 is 29.7 Å². The zero-order valence-electron chi connectivity index (χ0n) is 14.2. The van der Waals surface area contributed by atoms with Gasteiger partial charge in [-0.3, -0.25) is 24.0 Å². The lowest BCUT2D eigenvalue weighted by Crippen LogP contribution is -2.56. The number of carboxylic acids is 2. The second-order valence-corrected chi connectivity index (χ2v) is 5.77. The molecule has 0 fully saturated rings. The second kappa shape index (κ2) is 10.2. The number of hydrogen-bond donors (Lipinski definition) is 6. The van der Waals surface area contributed by atoms with Crippen LogP contribution in [0, 0.1) is 5.92 Å². The van der Waals surface area contributed by atoms with Gasteiger partial charge in [-0.15, -0.1) is 0 Å². The normalized spacial score (nSPS) is 14.1. The average molecular weight is 360 g/mol. The summed E-state index contributed by atoms with van der Waals surface area (Å²) in [5.41, 5.74) is 5.65. The van der Waals surface area contributed by atoms with E-state index in [9.17, 15) is 24.0 Å². The quantitative estimate of drug-likeness (QED) is 0.249. The Labute approximate surface area is 144 Å². The third kappa shape index (κ3) is 8.65. The van der Waals surface area contributed by atoms with Crippen LogP contribution in [0.2, 0.25) is 0 Å². The van der Waals surface area contributed by atoms with Crippen molar-refractivity contribution in [3.63, 3.8) is 0 Å². The molecule has 7 N–H and O–H groups in total. The Morgan fingerprint density at radius 3 is 1.88 bits per heavy atom. The van der Waals surface area contributed by atoms with Gasteiger partial charge in [0.05, 0.1) is 12.5 Å². The fourth-order valence-corrected chi connectivity index (χ4v) is 1.64. The van der Waals surface area contributed by atoms with Crippen molar-refractivity contribution in [1.29, 1.82) is 0 Å². The topological polar surface area (TPSA) is 188 Å². The summed E-state index contributed by atoms with van der Waals surface area (Å²) < 4.78 is 0. The molecule has 0 aromatic heterocycles. The maximum atomic E-state index is 12.0. The van der Waals surface area contributed by atoms with E-state index in [0.717, 1.165) is 0 Å². The van der Waals surface area contributed by atoms with Gasteiger partial charge in [-0.2, -0.15) is 0 Å². The highest BCUT2D eigenvalue weighted by atomic mass is 16.4. The molecule has 0 aromatic carbocycles. The monoisotopic (exact) mass is 360 g/mol. The number of aliphatic carboxylic acids is 2. The minimum atomic E-state index is -1.48. The molecule has 0 aromatic rings. The van der Waals surface area contributed by atoms with Crippen LogP contribution in [0.15, 0.2) is 0 Å². The van der Waals surface area contributed by atoms with E-state index in [2.05, 4.69) is 10.6 Å². The first-order chi connectivity index (χ1) is 11.5. The first kappa shape index (κ1) is 22.3. The highest BCUT2D eigenvalue weighted by Gasteiger charge is 2.28. The Hall–Kier alpha value is -2.69. The summed E-state index contributed by atoms with van der Waals surface area (Å²) in [6.45, 7) is 4.07. The molecule has 0 heterocycles. The molecule has 142 valence electrons. The molecule has 0 saturated heterocycles. The van der Waals surface area contributed by atoms with Crippen molar-refractivity contribution in [3.8, 4) is 0 Å². The van der Waals surface area contributed by atoms with E-state index in [-0.39, 0.29) is 5.92 Å². The van der Waals surface area contributed by atoms with E-state index in [1.54, 1.807) is 13.8 Å². The Balaban J connectivity index is 4.83. The largest absolute Gasteiger partial charge is 0.481 e. The maximum Gasteiger partial charge on any atom is 0.322 e. The van der Waals surface area contributed by atoms with Crippen LogP contribution >= 0.6 is 0 Å². The minimum absolute atomic E-state index is 0.156. The standard InChI is InChI=1S/C14H24N4O7/c1-6(2)11(15)14(25)17-7(3)12(23)18-8(4-9(19)20)13(24)16-5-10(21)22/h6-8,11H,4-5,15H2,1-3H3,(H,16,24)(H,17,25)(H,18,23)(H,19,20)(H,21,22). The number of hydrogen-bond acceptors (Lipinski definition) is 6. The molecule has 0 rings (SSSR count). The van der Waals surface area contributed by atoms with Crippen LogP contribution in [0.4, 0.5) is 0 Å². The Morgan fingerprint density at radius 1 is 0.880 bits per heavy atom. The number of amides is 3. The van der Waals surface area contributed by atoms with Gasteiger partial charge in [0, 0.05) is 0 Å². The van der Waals surface area contributed by atoms with Gasteiger partial charge in [-0.05, 0) is 12.8 Å². The van der Waals surface area contributed by atoms with Crippen LogP contribution in [-0.4, -0.2) is 64.5 Å². The molecule has 0 saturated carbocycles. The van der Waals surface area contributed by atoms with Crippen molar-refractivity contribution in [2.24, 2.45) is 11.7 Å². The third-order valence-corrected chi connectivity index (χ3v) is 3.20. The predicted octanol–water partition coefficient (Wildman–Crippen LogP) is -2.37. The van der Waals surface area contributed by atoms with E-state index in [1.807, 2.05) is 5.32 Å². The lowest BCUT2D eigenvalue weighted by Gasteiger charge is -2.22. The molecule has 0 aliphatic heterocycles. The summed E-state index contributed by atoms with van der Waals surface area (Å²) in [5, 5.41) is 23.8. The van der Waals surface area contributed by atoms with E-state index in [0.29, 0.717) is 0 Å². The fraction of sp³-hybridized carbons (Fsp3) is 0.643. The molecule has 3 amide bonds. The van der Waals surface area contributed by atoms with E-state index in [1.165, 1.54) is 6.92 Å². The zero-order valence-corrected chi connectivity index (χ0v) is 14.2. The van der Waals surface area contributed by atoms with Gasteiger partial charge in [0.25, 0.3) is 0 Å². The molecule has 0 bridgehead atoms. The number of carbonyl (C=O) groups is 5. The summed E-state index contributed by atoms with van der Waals surface area (Å²) in [6, 6.07) is -3.38. The molecule has 25 heavy (non-hydrogen) atoms. The molecule has 3 unspecified atom stereocenters. The van der Waals surface area contributed by atoms with Crippen molar-refractivity contribution in [3.05, 3.63) is 0 Å². The highest BCUT2D eigenvalue weighted by molar-refractivity contribution is 5.95. The average Bonchev–Trinajstić information content (AvgIpc) is 2.50. The van der Waals surface area contributed by atoms with Gasteiger partial charge in [-0.1, -0.05) is 13.8 Å². The van der Waals surface area contributed by atoms with Crippen LogP contribution in [0.25, 0.3) is 0 Å². The lowest BCUT2D eigenvalue weighted by atomic mass is 10.0. The van der Waals surface area contributed by atoms with Gasteiger partial charge in [-0.25, -0.2) is 0 Å². The van der Waals surface area contributed by atoms with Crippen LogP contribution in [0.1, 0.15) is 27.2 Å². The SMILES string of the molecule is CC(NC(=O)C(N)C(C)C)C(=O)NC(CC(=O)O)C(=O)NCC(=O)O. The highest BCUT2D eigenvalue weighted by Crippen LogP contribution is 2.00. The Morgan fingerprint density at radius 2 is 1.44 bits per heavy atom. The third-order valence-electron chi connectivity index (χ3n) is 3.20. The Bertz CT molecular complexity index is 535. The molecular formula is C14H24N4O7. The molecular weight excluding hydrogens is 336 g/mol. The first-order valence-corrected chi connectivity index (χ1v) is 7.53. The van der Waals surface area contributed by atoms with Crippen LogP contribution < -0.4 is 21.7 Å². The van der Waals surface area contributed by atoms with Crippen molar-refractivity contribution in [1.82, 2.24) is 16.0 Å². The Kier molecular flexibility index (Phi) is 9.13. The number of carboxylic acid groups (broad SMARTS) is 2. The molecule has 3 atom stereocenters. The van der Waals surface area contributed by atoms with Gasteiger partial charge >= 0.3 is 11.9 Å². The summed E-state index contributed by atoms with van der Waals surface area (Å²) in [6.07, 6.45) is -0.747. The lowest BCUT2D eigenvalue weighted by molar-refractivity contribution is -0.141. The van der Waals surface area contributed by atoms with Gasteiger partial charge in [0.1, 0.15) is 18.6 Å². The summed E-state index contributed by atoms with van der Waals surface area (Å²) in [7, 11) is 0. The number of rotatable bonds is 10. The van der Waals surface area contributed by atoms with Crippen LogP contribution in [0.3, 0.4) is 0 Å². The van der Waals surface area contributed by atoms with Crippen molar-refractivity contribution in [2.75, 3.05) is 6.54 Å². The van der Waals surface area contributed by atoms with Gasteiger partial charge in [0.15, 0.2) is 0 Å². The molecule has 0 aliphatic rings.